The van der Waals surface area contributed by atoms with Gasteiger partial charge in [0.25, 0.3) is 0 Å². The SMILES string of the molecule is c1ccc(-c2nc(-c3ccccc3)nc(-c3ccc(-n4c5ccccc5c5c(-c6ccccc6)cc6ccccc6c54)c4oc5ccccc5c34)n2)cc1. The minimum atomic E-state index is 0.588. The maximum absolute atomic E-state index is 6.93. The van der Waals surface area contributed by atoms with Crippen LogP contribution in [0.3, 0.4) is 0 Å². The molecule has 0 N–H and O–H groups in total. The Morgan fingerprint density at radius 3 is 1.67 bits per heavy atom. The minimum absolute atomic E-state index is 0.588. The van der Waals surface area contributed by atoms with Crippen LogP contribution in [0.1, 0.15) is 0 Å². The number of aromatic nitrogens is 4. The molecule has 54 heavy (non-hydrogen) atoms. The van der Waals surface area contributed by atoms with Crippen LogP contribution in [-0.4, -0.2) is 19.5 Å². The molecule has 0 radical (unpaired) electrons. The first kappa shape index (κ1) is 30.3. The van der Waals surface area contributed by atoms with Gasteiger partial charge in [0.05, 0.1) is 16.7 Å². The van der Waals surface area contributed by atoms with Crippen LogP contribution in [0.15, 0.2) is 186 Å². The normalized spacial score (nSPS) is 11.7. The lowest BCUT2D eigenvalue weighted by molar-refractivity contribution is 0.666. The molecule has 11 aromatic rings. The van der Waals surface area contributed by atoms with Gasteiger partial charge in [-0.25, -0.2) is 15.0 Å². The lowest BCUT2D eigenvalue weighted by Crippen LogP contribution is -2.01. The van der Waals surface area contributed by atoms with Crippen molar-refractivity contribution in [1.29, 1.82) is 0 Å². The van der Waals surface area contributed by atoms with E-state index in [4.69, 9.17) is 19.4 Å². The predicted octanol–water partition coefficient (Wildman–Crippen LogP) is 12.7. The first-order valence-corrected chi connectivity index (χ1v) is 18.1. The van der Waals surface area contributed by atoms with E-state index in [0.717, 1.165) is 55.3 Å². The highest BCUT2D eigenvalue weighted by Crippen LogP contribution is 2.46. The van der Waals surface area contributed by atoms with Crippen molar-refractivity contribution in [2.24, 2.45) is 0 Å². The zero-order chi connectivity index (χ0) is 35.6. The Labute approximate surface area is 310 Å². The molecule has 0 spiro atoms. The van der Waals surface area contributed by atoms with Gasteiger partial charge in [0.2, 0.25) is 0 Å². The number of hydrogen-bond acceptors (Lipinski definition) is 4. The molecule has 0 aliphatic heterocycles. The van der Waals surface area contributed by atoms with E-state index < -0.39 is 0 Å². The van der Waals surface area contributed by atoms with Crippen LogP contribution in [0.2, 0.25) is 0 Å². The van der Waals surface area contributed by atoms with Crippen molar-refractivity contribution < 1.29 is 4.42 Å². The molecule has 3 aromatic heterocycles. The summed E-state index contributed by atoms with van der Waals surface area (Å²) in [5.41, 5.74) is 9.88. The monoisotopic (exact) mass is 690 g/mol. The number of furan rings is 1. The second-order valence-corrected chi connectivity index (χ2v) is 13.6. The molecule has 8 aromatic carbocycles. The quantitative estimate of drug-likeness (QED) is 0.180. The van der Waals surface area contributed by atoms with Gasteiger partial charge in [-0.05, 0) is 46.8 Å². The molecule has 3 heterocycles. The van der Waals surface area contributed by atoms with Crippen LogP contribution >= 0.6 is 0 Å². The molecule has 0 saturated carbocycles. The molecule has 0 atom stereocenters. The first-order valence-electron chi connectivity index (χ1n) is 18.1. The summed E-state index contributed by atoms with van der Waals surface area (Å²) in [6.45, 7) is 0. The summed E-state index contributed by atoms with van der Waals surface area (Å²) < 4.78 is 9.33. The van der Waals surface area contributed by atoms with Crippen LogP contribution in [0.5, 0.6) is 0 Å². The summed E-state index contributed by atoms with van der Waals surface area (Å²) in [4.78, 5) is 15.3. The smallest absolute Gasteiger partial charge is 0.164 e. The first-order chi connectivity index (χ1) is 26.8. The number of para-hydroxylation sites is 2. The van der Waals surface area contributed by atoms with E-state index in [9.17, 15) is 0 Å². The van der Waals surface area contributed by atoms with E-state index in [2.05, 4.69) is 114 Å². The van der Waals surface area contributed by atoms with E-state index in [-0.39, 0.29) is 0 Å². The van der Waals surface area contributed by atoms with E-state index in [0.29, 0.717) is 17.5 Å². The largest absolute Gasteiger partial charge is 0.454 e. The summed E-state index contributed by atoms with van der Waals surface area (Å²) in [5, 5.41) is 6.71. The van der Waals surface area contributed by atoms with Gasteiger partial charge in [0.15, 0.2) is 23.1 Å². The summed E-state index contributed by atoms with van der Waals surface area (Å²) in [6.07, 6.45) is 0. The molecule has 0 unspecified atom stereocenters. The van der Waals surface area contributed by atoms with Gasteiger partial charge in [-0.15, -0.1) is 0 Å². The fraction of sp³-hybridized carbons (Fsp3) is 0. The molecule has 11 rings (SSSR count). The van der Waals surface area contributed by atoms with Crippen LogP contribution in [0, 0.1) is 0 Å². The van der Waals surface area contributed by atoms with Crippen LogP contribution in [-0.2, 0) is 0 Å². The lowest BCUT2D eigenvalue weighted by Gasteiger charge is -2.14. The molecule has 252 valence electrons. The Kier molecular flexibility index (Phi) is 6.79. The zero-order valence-corrected chi connectivity index (χ0v) is 29.0. The van der Waals surface area contributed by atoms with Crippen molar-refractivity contribution in [3.63, 3.8) is 0 Å². The molecule has 0 bridgehead atoms. The van der Waals surface area contributed by atoms with E-state index >= 15 is 0 Å². The molecular weight excluding hydrogens is 661 g/mol. The van der Waals surface area contributed by atoms with E-state index in [1.54, 1.807) is 0 Å². The number of rotatable bonds is 5. The minimum Gasteiger partial charge on any atom is -0.454 e. The Bertz CT molecular complexity index is 3140. The maximum Gasteiger partial charge on any atom is 0.164 e. The third-order valence-corrected chi connectivity index (χ3v) is 10.4. The van der Waals surface area contributed by atoms with Crippen molar-refractivity contribution in [2.75, 3.05) is 0 Å². The van der Waals surface area contributed by atoms with Gasteiger partial charge >= 0.3 is 0 Å². The van der Waals surface area contributed by atoms with Crippen molar-refractivity contribution in [2.45, 2.75) is 0 Å². The van der Waals surface area contributed by atoms with Gasteiger partial charge in [0.1, 0.15) is 5.58 Å². The summed E-state index contributed by atoms with van der Waals surface area (Å²) in [6, 6.07) is 63.2. The number of nitrogens with zero attached hydrogens (tertiary/aromatic N) is 4. The van der Waals surface area contributed by atoms with Crippen molar-refractivity contribution in [1.82, 2.24) is 19.5 Å². The molecule has 0 amide bonds. The summed E-state index contributed by atoms with van der Waals surface area (Å²) in [5.74, 6) is 1.82. The number of hydrogen-bond donors (Lipinski definition) is 0. The Hall–Kier alpha value is -7.37. The topological polar surface area (TPSA) is 56.7 Å². The predicted molar refractivity (Wildman–Crippen MR) is 221 cm³/mol. The van der Waals surface area contributed by atoms with Gasteiger partial charge in [-0.3, -0.25) is 0 Å². The lowest BCUT2D eigenvalue weighted by atomic mass is 9.95. The Morgan fingerprint density at radius 2 is 0.963 bits per heavy atom. The highest BCUT2D eigenvalue weighted by Gasteiger charge is 2.25. The average molecular weight is 691 g/mol. The van der Waals surface area contributed by atoms with E-state index in [1.807, 2.05) is 72.8 Å². The molecule has 5 nitrogen and oxygen atoms in total. The number of benzene rings is 8. The summed E-state index contributed by atoms with van der Waals surface area (Å²) in [7, 11) is 0. The highest BCUT2D eigenvalue weighted by atomic mass is 16.3. The summed E-state index contributed by atoms with van der Waals surface area (Å²) >= 11 is 0. The van der Waals surface area contributed by atoms with Crippen LogP contribution in [0.25, 0.3) is 105 Å². The Balaban J connectivity index is 1.26. The molecular formula is C49H30N4O. The van der Waals surface area contributed by atoms with Gasteiger partial charge < -0.3 is 8.98 Å². The van der Waals surface area contributed by atoms with Crippen LogP contribution in [0.4, 0.5) is 0 Å². The molecule has 5 heteroatoms. The average Bonchev–Trinajstić information content (AvgIpc) is 3.81. The maximum atomic E-state index is 6.93. The standard InChI is InChI=1S/C49H30N4O/c1-4-16-31(17-5-1)39-30-34-22-10-11-23-35(34)45-43(39)36-24-12-14-26-40(36)53(45)41-29-28-38(44-37-25-13-15-27-42(37)54-46(41)44)49-51-47(32-18-6-2-7-19-32)50-48(52-49)33-20-8-3-9-21-33/h1-30H. The molecule has 0 fully saturated rings. The highest BCUT2D eigenvalue weighted by molar-refractivity contribution is 6.25. The van der Waals surface area contributed by atoms with E-state index in [1.165, 1.54) is 32.7 Å². The Morgan fingerprint density at radius 1 is 0.407 bits per heavy atom. The van der Waals surface area contributed by atoms with Gasteiger partial charge in [-0.2, -0.15) is 0 Å². The van der Waals surface area contributed by atoms with Crippen molar-refractivity contribution in [3.8, 4) is 51.0 Å². The second kappa shape index (κ2) is 12.1. The van der Waals surface area contributed by atoms with Crippen LogP contribution < -0.4 is 0 Å². The second-order valence-electron chi connectivity index (χ2n) is 13.6. The molecule has 0 aliphatic carbocycles. The van der Waals surface area contributed by atoms with Gasteiger partial charge in [-0.1, -0.05) is 152 Å². The third-order valence-electron chi connectivity index (χ3n) is 10.4. The fourth-order valence-electron chi connectivity index (χ4n) is 8.04. The molecule has 0 aliphatic rings. The molecule has 0 saturated heterocycles. The zero-order valence-electron chi connectivity index (χ0n) is 29.0. The van der Waals surface area contributed by atoms with Gasteiger partial charge in [0, 0.05) is 43.6 Å². The van der Waals surface area contributed by atoms with Crippen molar-refractivity contribution >= 4 is 54.5 Å². The third kappa shape index (κ3) is 4.69. The number of fused-ring (bicyclic) bond motifs is 8. The van der Waals surface area contributed by atoms with Crippen molar-refractivity contribution in [3.05, 3.63) is 182 Å². The fourth-order valence-corrected chi connectivity index (χ4v) is 8.04.